The van der Waals surface area contributed by atoms with Crippen molar-refractivity contribution >= 4 is 11.3 Å². The summed E-state index contributed by atoms with van der Waals surface area (Å²) in [5.74, 6) is 0. The molecule has 24 heavy (non-hydrogen) atoms. The van der Waals surface area contributed by atoms with Crippen LogP contribution in [0, 0.1) is 0 Å². The number of allylic oxidation sites excluding steroid dienone is 11. The maximum Gasteiger partial charge on any atom is 0.0483 e. The molecule has 1 aliphatic rings. The van der Waals surface area contributed by atoms with Crippen LogP contribution in [0.1, 0.15) is 33.3 Å². The lowest BCUT2D eigenvalue weighted by atomic mass is 9.99. The minimum absolute atomic E-state index is 1.22. The van der Waals surface area contributed by atoms with E-state index < -0.39 is 0 Å². The Morgan fingerprint density at radius 2 is 1.71 bits per heavy atom. The second-order valence-electron chi connectivity index (χ2n) is 5.25. The van der Waals surface area contributed by atoms with Crippen LogP contribution in [0.4, 0.5) is 5.69 Å². The largest absolute Gasteiger partial charge is 0.351 e. The van der Waals surface area contributed by atoms with Crippen molar-refractivity contribution in [3.63, 3.8) is 0 Å². The molecule has 1 aliphatic heterocycles. The summed E-state index contributed by atoms with van der Waals surface area (Å²) in [5, 5.41) is 0. The molecule has 0 bridgehead atoms. The molecule has 0 amide bonds. The van der Waals surface area contributed by atoms with E-state index in [-0.39, 0.29) is 0 Å². The smallest absolute Gasteiger partial charge is 0.0483 e. The third kappa shape index (κ3) is 5.92. The van der Waals surface area contributed by atoms with E-state index in [4.69, 9.17) is 0 Å². The molecule has 0 fully saturated rings. The second-order valence-corrected chi connectivity index (χ2v) is 5.25. The Labute approximate surface area is 147 Å². The van der Waals surface area contributed by atoms with Gasteiger partial charge in [0.05, 0.1) is 0 Å². The van der Waals surface area contributed by atoms with Crippen molar-refractivity contribution < 1.29 is 0 Å². The van der Waals surface area contributed by atoms with Crippen molar-refractivity contribution in [2.75, 3.05) is 11.9 Å². The van der Waals surface area contributed by atoms with Crippen molar-refractivity contribution in [3.8, 4) is 0 Å². The molecule has 1 nitrogen and oxygen atoms in total. The highest BCUT2D eigenvalue weighted by Gasteiger charge is 2.11. The number of nitrogens with zero attached hydrogens (tertiary/aromatic N) is 1. The van der Waals surface area contributed by atoms with E-state index in [0.29, 0.717) is 0 Å². The van der Waals surface area contributed by atoms with Gasteiger partial charge in [-0.25, -0.2) is 0 Å². The van der Waals surface area contributed by atoms with Gasteiger partial charge in [-0.3, -0.25) is 0 Å². The standard InChI is InChI=1S/C21H23N.C2H6/c1-4-5-6-7-8-11-18(2)14-15-19-16-17-22(3)21-13-10-9-12-20(19)21;1-2/h4-17H,1-3H3;1-2H3. The van der Waals surface area contributed by atoms with Gasteiger partial charge in [-0.2, -0.15) is 0 Å². The molecule has 1 heteroatoms. The number of anilines is 1. The number of para-hydroxylation sites is 1. The first kappa shape index (κ1) is 19.5. The van der Waals surface area contributed by atoms with E-state index in [1.807, 2.05) is 45.1 Å². The van der Waals surface area contributed by atoms with Gasteiger partial charge in [0.1, 0.15) is 0 Å². The Balaban J connectivity index is 0.00000139. The molecule has 0 aliphatic carbocycles. The van der Waals surface area contributed by atoms with E-state index in [0.717, 1.165) is 0 Å². The molecular weight excluding hydrogens is 290 g/mol. The van der Waals surface area contributed by atoms with E-state index in [1.54, 1.807) is 0 Å². The molecule has 0 saturated heterocycles. The molecule has 0 unspecified atom stereocenters. The van der Waals surface area contributed by atoms with Crippen molar-refractivity contribution in [1.29, 1.82) is 0 Å². The highest BCUT2D eigenvalue weighted by molar-refractivity contribution is 5.86. The Morgan fingerprint density at radius 3 is 2.46 bits per heavy atom. The Hall–Kier alpha value is -2.54. The Bertz CT molecular complexity index is 682. The lowest BCUT2D eigenvalue weighted by Crippen LogP contribution is -2.13. The van der Waals surface area contributed by atoms with Gasteiger partial charge in [-0.05, 0) is 31.6 Å². The predicted octanol–water partition coefficient (Wildman–Crippen LogP) is 6.69. The monoisotopic (exact) mass is 319 g/mol. The fraction of sp³-hybridized carbons (Fsp3) is 0.217. The third-order valence-corrected chi connectivity index (χ3v) is 3.48. The zero-order valence-corrected chi connectivity index (χ0v) is 15.5. The molecular formula is C23H29N. The molecule has 2 rings (SSSR count). The first-order chi connectivity index (χ1) is 11.7. The van der Waals surface area contributed by atoms with Crippen LogP contribution in [0.25, 0.3) is 5.57 Å². The average Bonchev–Trinajstić information content (AvgIpc) is 2.63. The Morgan fingerprint density at radius 1 is 1.00 bits per heavy atom. The normalized spacial score (nSPS) is 16.1. The van der Waals surface area contributed by atoms with Crippen LogP contribution < -0.4 is 4.90 Å². The summed E-state index contributed by atoms with van der Waals surface area (Å²) in [6.07, 6.45) is 20.9. The zero-order valence-electron chi connectivity index (χ0n) is 15.5. The fourth-order valence-electron chi connectivity index (χ4n) is 2.26. The van der Waals surface area contributed by atoms with Crippen molar-refractivity contribution in [2.45, 2.75) is 27.7 Å². The quantitative estimate of drug-likeness (QED) is 0.558. The van der Waals surface area contributed by atoms with Gasteiger partial charge >= 0.3 is 0 Å². The van der Waals surface area contributed by atoms with Crippen LogP contribution in [0.2, 0.25) is 0 Å². The number of rotatable bonds is 4. The van der Waals surface area contributed by atoms with Crippen LogP contribution in [-0.2, 0) is 0 Å². The van der Waals surface area contributed by atoms with Gasteiger partial charge in [0.2, 0.25) is 0 Å². The van der Waals surface area contributed by atoms with Crippen LogP contribution >= 0.6 is 0 Å². The number of hydrogen-bond acceptors (Lipinski definition) is 1. The minimum Gasteiger partial charge on any atom is -0.351 e. The third-order valence-electron chi connectivity index (χ3n) is 3.48. The average molecular weight is 319 g/mol. The fourth-order valence-corrected chi connectivity index (χ4v) is 2.26. The summed E-state index contributed by atoms with van der Waals surface area (Å²) >= 11 is 0. The molecule has 0 saturated carbocycles. The summed E-state index contributed by atoms with van der Waals surface area (Å²) in [6, 6.07) is 8.48. The molecule has 0 N–H and O–H groups in total. The lowest BCUT2D eigenvalue weighted by Gasteiger charge is -2.23. The number of hydrogen-bond donors (Lipinski definition) is 0. The van der Waals surface area contributed by atoms with Crippen LogP contribution in [-0.4, -0.2) is 7.05 Å². The lowest BCUT2D eigenvalue weighted by molar-refractivity contribution is 1.18. The molecule has 0 aromatic heterocycles. The molecule has 1 aromatic rings. The number of benzene rings is 1. The molecule has 1 aromatic carbocycles. The van der Waals surface area contributed by atoms with Crippen LogP contribution in [0.5, 0.6) is 0 Å². The topological polar surface area (TPSA) is 3.24 Å². The van der Waals surface area contributed by atoms with Crippen molar-refractivity contribution in [1.82, 2.24) is 0 Å². The number of fused-ring (bicyclic) bond motifs is 1. The van der Waals surface area contributed by atoms with Crippen LogP contribution in [0.15, 0.2) is 90.7 Å². The maximum absolute atomic E-state index is 2.18. The molecule has 1 heterocycles. The SMILES string of the molecule is CC.CC=CC=CC=CC(C)=CC=C1C=CN(C)c2ccccc21. The highest BCUT2D eigenvalue weighted by Crippen LogP contribution is 2.31. The predicted molar refractivity (Wildman–Crippen MR) is 110 cm³/mol. The van der Waals surface area contributed by atoms with Gasteiger partial charge < -0.3 is 4.90 Å². The summed E-state index contributed by atoms with van der Waals surface area (Å²) in [5.41, 5.74) is 4.98. The maximum atomic E-state index is 2.18. The summed E-state index contributed by atoms with van der Waals surface area (Å²) in [6.45, 7) is 8.12. The van der Waals surface area contributed by atoms with E-state index >= 15 is 0 Å². The van der Waals surface area contributed by atoms with Crippen LogP contribution in [0.3, 0.4) is 0 Å². The minimum atomic E-state index is 1.22. The highest BCUT2D eigenvalue weighted by atomic mass is 15.1. The molecule has 0 spiro atoms. The van der Waals surface area contributed by atoms with Gasteiger partial charge in [0, 0.05) is 24.5 Å². The molecule has 0 atom stereocenters. The first-order valence-electron chi connectivity index (χ1n) is 8.57. The van der Waals surface area contributed by atoms with E-state index in [2.05, 4.69) is 79.7 Å². The van der Waals surface area contributed by atoms with Crippen molar-refractivity contribution in [3.05, 3.63) is 96.3 Å². The Kier molecular flexibility index (Phi) is 8.99. The van der Waals surface area contributed by atoms with Gasteiger partial charge in [-0.1, -0.05) is 86.2 Å². The molecule has 0 radical (unpaired) electrons. The van der Waals surface area contributed by atoms with E-state index in [9.17, 15) is 0 Å². The summed E-state index contributed by atoms with van der Waals surface area (Å²) < 4.78 is 0. The second kappa shape index (κ2) is 11.1. The van der Waals surface area contributed by atoms with Gasteiger partial charge in [0.15, 0.2) is 0 Å². The van der Waals surface area contributed by atoms with E-state index in [1.165, 1.54) is 22.4 Å². The summed E-state index contributed by atoms with van der Waals surface area (Å²) in [4.78, 5) is 2.15. The van der Waals surface area contributed by atoms with Crippen molar-refractivity contribution in [2.24, 2.45) is 0 Å². The zero-order chi connectivity index (χ0) is 17.8. The van der Waals surface area contributed by atoms with Gasteiger partial charge in [0.25, 0.3) is 0 Å². The first-order valence-corrected chi connectivity index (χ1v) is 8.57. The van der Waals surface area contributed by atoms with Gasteiger partial charge in [-0.15, -0.1) is 0 Å². The summed E-state index contributed by atoms with van der Waals surface area (Å²) in [7, 11) is 2.08. The molecule has 126 valence electrons.